The topological polar surface area (TPSA) is 125 Å². The highest BCUT2D eigenvalue weighted by molar-refractivity contribution is 6.30. The van der Waals surface area contributed by atoms with E-state index in [-0.39, 0.29) is 36.4 Å². The summed E-state index contributed by atoms with van der Waals surface area (Å²) in [6, 6.07) is 6.19. The van der Waals surface area contributed by atoms with Crippen molar-refractivity contribution in [2.75, 3.05) is 18.5 Å². The molecule has 0 bridgehead atoms. The van der Waals surface area contributed by atoms with Gasteiger partial charge in [0, 0.05) is 29.6 Å². The number of benzene rings is 1. The minimum absolute atomic E-state index is 0.123. The number of anilines is 1. The molecule has 2 heterocycles. The van der Waals surface area contributed by atoms with Crippen LogP contribution in [0.15, 0.2) is 42.9 Å². The van der Waals surface area contributed by atoms with Crippen LogP contribution in [0.5, 0.6) is 0 Å². The van der Waals surface area contributed by atoms with Crippen molar-refractivity contribution in [2.45, 2.75) is 37.5 Å². The Balaban J connectivity index is 1.40. The molecule has 1 saturated heterocycles. The first-order valence-electron chi connectivity index (χ1n) is 9.68. The molecule has 0 aliphatic carbocycles. The molecule has 1 aromatic heterocycles. The lowest BCUT2D eigenvalue weighted by Gasteiger charge is -2.36. The number of carbonyl (C=O) groups is 2. The Morgan fingerprint density at radius 1 is 1.20 bits per heavy atom. The standard InChI is InChI=1S/C20H24ClN5O4/c21-13-1-3-14(4-2-13)25-20(29)24-8-7-15-5-6-16(18(12-27)30-15)26-19(28)17-11-22-9-10-23-17/h1-4,9-11,15-16,18,27H,5-8,12H2,(H,26,28)(H2,24,25,29)/t15-,16+,18+/m0/s1. The average molecular weight is 434 g/mol. The predicted molar refractivity (Wildman–Crippen MR) is 111 cm³/mol. The Kier molecular flexibility index (Phi) is 7.95. The highest BCUT2D eigenvalue weighted by Gasteiger charge is 2.32. The summed E-state index contributed by atoms with van der Waals surface area (Å²) in [6.07, 6.45) is 5.62. The SMILES string of the molecule is O=C(NCC[C@@H]1CC[C@@H](NC(=O)c2cnccn2)[C@@H](CO)O1)Nc1ccc(Cl)cc1. The van der Waals surface area contributed by atoms with E-state index >= 15 is 0 Å². The lowest BCUT2D eigenvalue weighted by Crippen LogP contribution is -2.51. The van der Waals surface area contributed by atoms with Crippen molar-refractivity contribution < 1.29 is 19.4 Å². The highest BCUT2D eigenvalue weighted by atomic mass is 35.5. The van der Waals surface area contributed by atoms with Crippen LogP contribution in [0, 0.1) is 0 Å². The van der Waals surface area contributed by atoms with Gasteiger partial charge in [0.25, 0.3) is 5.91 Å². The summed E-state index contributed by atoms with van der Waals surface area (Å²) in [4.78, 5) is 32.1. The normalized spacial score (nSPS) is 20.9. The minimum Gasteiger partial charge on any atom is -0.394 e. The van der Waals surface area contributed by atoms with Crippen LogP contribution in [0.2, 0.25) is 5.02 Å². The zero-order valence-electron chi connectivity index (χ0n) is 16.3. The second-order valence-corrected chi connectivity index (χ2v) is 7.34. The van der Waals surface area contributed by atoms with Crippen LogP contribution >= 0.6 is 11.6 Å². The molecule has 0 radical (unpaired) electrons. The van der Waals surface area contributed by atoms with Gasteiger partial charge in [-0.2, -0.15) is 0 Å². The fourth-order valence-electron chi connectivity index (χ4n) is 3.22. The summed E-state index contributed by atoms with van der Waals surface area (Å²) in [5, 5.41) is 18.6. The van der Waals surface area contributed by atoms with Gasteiger partial charge in [-0.15, -0.1) is 0 Å². The van der Waals surface area contributed by atoms with Gasteiger partial charge in [0.15, 0.2) is 0 Å². The highest BCUT2D eigenvalue weighted by Crippen LogP contribution is 2.22. The number of hydrogen-bond donors (Lipinski definition) is 4. The number of nitrogens with one attached hydrogen (secondary N) is 3. The van der Waals surface area contributed by atoms with Gasteiger partial charge in [0.2, 0.25) is 0 Å². The number of rotatable bonds is 7. The maximum Gasteiger partial charge on any atom is 0.319 e. The van der Waals surface area contributed by atoms with Gasteiger partial charge in [0.05, 0.1) is 24.9 Å². The molecule has 3 rings (SSSR count). The number of hydrogen-bond acceptors (Lipinski definition) is 6. The second-order valence-electron chi connectivity index (χ2n) is 6.90. The van der Waals surface area contributed by atoms with Crippen molar-refractivity contribution >= 4 is 29.2 Å². The van der Waals surface area contributed by atoms with Crippen molar-refractivity contribution in [2.24, 2.45) is 0 Å². The summed E-state index contributed by atoms with van der Waals surface area (Å²) in [5.41, 5.74) is 0.861. The first kappa shape index (κ1) is 21.9. The van der Waals surface area contributed by atoms with Crippen molar-refractivity contribution in [3.8, 4) is 0 Å². The quantitative estimate of drug-likeness (QED) is 0.529. The number of ether oxygens (including phenoxy) is 1. The van der Waals surface area contributed by atoms with E-state index in [1.807, 2.05) is 0 Å². The third kappa shape index (κ3) is 6.38. The van der Waals surface area contributed by atoms with Crippen molar-refractivity contribution in [3.05, 3.63) is 53.6 Å². The predicted octanol–water partition coefficient (Wildman–Crippen LogP) is 1.98. The van der Waals surface area contributed by atoms with Crippen LogP contribution < -0.4 is 16.0 Å². The molecule has 1 aromatic carbocycles. The van der Waals surface area contributed by atoms with Gasteiger partial charge in [-0.1, -0.05) is 11.6 Å². The Morgan fingerprint density at radius 3 is 2.70 bits per heavy atom. The lowest BCUT2D eigenvalue weighted by molar-refractivity contribution is -0.0892. The minimum atomic E-state index is -0.521. The Hall–Kier alpha value is -2.75. The van der Waals surface area contributed by atoms with Crippen molar-refractivity contribution in [1.29, 1.82) is 0 Å². The number of aliphatic hydroxyl groups is 1. The zero-order valence-corrected chi connectivity index (χ0v) is 17.0. The largest absolute Gasteiger partial charge is 0.394 e. The first-order valence-corrected chi connectivity index (χ1v) is 10.1. The first-order chi connectivity index (χ1) is 14.5. The molecular formula is C20H24ClN5O4. The molecule has 1 fully saturated rings. The van der Waals surface area contributed by atoms with Gasteiger partial charge in [0.1, 0.15) is 11.8 Å². The van der Waals surface area contributed by atoms with Crippen LogP contribution in [0.4, 0.5) is 10.5 Å². The van der Waals surface area contributed by atoms with Gasteiger partial charge in [-0.3, -0.25) is 9.78 Å². The maximum absolute atomic E-state index is 12.3. The van der Waals surface area contributed by atoms with E-state index < -0.39 is 6.10 Å². The molecular weight excluding hydrogens is 410 g/mol. The van der Waals surface area contributed by atoms with Crippen LogP contribution in [0.25, 0.3) is 0 Å². The molecule has 1 aliphatic heterocycles. The Bertz CT molecular complexity index is 837. The molecule has 3 atom stereocenters. The van der Waals surface area contributed by atoms with Crippen LogP contribution in [-0.4, -0.2) is 58.4 Å². The Morgan fingerprint density at radius 2 is 2.00 bits per heavy atom. The molecule has 10 heteroatoms. The second kappa shape index (κ2) is 10.9. The number of amides is 3. The van der Waals surface area contributed by atoms with Gasteiger partial charge < -0.3 is 25.8 Å². The lowest BCUT2D eigenvalue weighted by atomic mass is 9.97. The van der Waals surface area contributed by atoms with Gasteiger partial charge in [-0.25, -0.2) is 9.78 Å². The van der Waals surface area contributed by atoms with E-state index in [1.165, 1.54) is 18.6 Å². The van der Waals surface area contributed by atoms with Gasteiger partial charge in [-0.05, 0) is 43.5 Å². The smallest absolute Gasteiger partial charge is 0.319 e. The van der Waals surface area contributed by atoms with E-state index in [2.05, 4.69) is 25.9 Å². The molecule has 0 spiro atoms. The number of urea groups is 1. The summed E-state index contributed by atoms with van der Waals surface area (Å²) in [6.45, 7) is 0.200. The van der Waals surface area contributed by atoms with E-state index in [1.54, 1.807) is 24.3 Å². The van der Waals surface area contributed by atoms with Crippen LogP contribution in [0.1, 0.15) is 29.8 Å². The summed E-state index contributed by atoms with van der Waals surface area (Å²) in [7, 11) is 0. The summed E-state index contributed by atoms with van der Waals surface area (Å²) < 4.78 is 5.91. The molecule has 0 unspecified atom stereocenters. The fraction of sp³-hybridized carbons (Fsp3) is 0.400. The fourth-order valence-corrected chi connectivity index (χ4v) is 3.35. The van der Waals surface area contributed by atoms with E-state index in [0.717, 1.165) is 0 Å². The van der Waals surface area contributed by atoms with Crippen LogP contribution in [0.3, 0.4) is 0 Å². The Labute approximate surface area is 179 Å². The number of aromatic nitrogens is 2. The van der Waals surface area contributed by atoms with E-state index in [9.17, 15) is 14.7 Å². The summed E-state index contributed by atoms with van der Waals surface area (Å²) in [5.74, 6) is -0.353. The zero-order chi connectivity index (χ0) is 21.3. The monoisotopic (exact) mass is 433 g/mol. The molecule has 1 aliphatic rings. The molecule has 30 heavy (non-hydrogen) atoms. The average Bonchev–Trinajstić information content (AvgIpc) is 2.77. The molecule has 0 saturated carbocycles. The molecule has 4 N–H and O–H groups in total. The number of nitrogens with zero attached hydrogens (tertiary/aromatic N) is 2. The molecule has 3 amide bonds. The van der Waals surface area contributed by atoms with Crippen molar-refractivity contribution in [3.63, 3.8) is 0 Å². The number of carbonyl (C=O) groups excluding carboxylic acids is 2. The number of halogens is 1. The summed E-state index contributed by atoms with van der Waals surface area (Å²) >= 11 is 5.82. The molecule has 9 nitrogen and oxygen atoms in total. The molecule has 2 aromatic rings. The van der Waals surface area contributed by atoms with E-state index in [0.29, 0.717) is 36.5 Å². The molecule has 160 valence electrons. The van der Waals surface area contributed by atoms with Crippen LogP contribution in [-0.2, 0) is 4.74 Å². The van der Waals surface area contributed by atoms with Crippen molar-refractivity contribution in [1.82, 2.24) is 20.6 Å². The third-order valence-electron chi connectivity index (χ3n) is 4.76. The third-order valence-corrected chi connectivity index (χ3v) is 5.01. The maximum atomic E-state index is 12.3. The van der Waals surface area contributed by atoms with E-state index in [4.69, 9.17) is 16.3 Å². The van der Waals surface area contributed by atoms with Gasteiger partial charge >= 0.3 is 6.03 Å². The number of aliphatic hydroxyl groups excluding tert-OH is 1.